The fourth-order valence-corrected chi connectivity index (χ4v) is 8.59. The summed E-state index contributed by atoms with van der Waals surface area (Å²) in [5, 5.41) is 4.64. The van der Waals surface area contributed by atoms with Crippen molar-refractivity contribution < 1.29 is 14.3 Å². The molecular weight excluding hydrogens is 670 g/mol. The van der Waals surface area contributed by atoms with Crippen LogP contribution in [0.4, 0.5) is 4.79 Å². The van der Waals surface area contributed by atoms with Crippen LogP contribution in [0, 0.1) is 0 Å². The minimum Gasteiger partial charge on any atom is -0.464 e. The number of carbonyl (C=O) groups is 1. The highest BCUT2D eigenvalue weighted by Crippen LogP contribution is 2.47. The fourth-order valence-electron chi connectivity index (χ4n) is 7.50. The smallest absolute Gasteiger partial charge is 0.410 e. The average molecular weight is 708 g/mol. The molecule has 2 aromatic carbocycles. The van der Waals surface area contributed by atoms with E-state index in [2.05, 4.69) is 62.3 Å². The Bertz CT molecular complexity index is 2240. The molecule has 6 aromatic rings. The fraction of sp³-hybridized carbons (Fsp3) is 0.342. The van der Waals surface area contributed by atoms with E-state index in [9.17, 15) is 4.79 Å². The average Bonchev–Trinajstić information content (AvgIpc) is 3.94. The van der Waals surface area contributed by atoms with Crippen molar-refractivity contribution in [3.63, 3.8) is 0 Å². The van der Waals surface area contributed by atoms with Crippen molar-refractivity contribution >= 4 is 39.9 Å². The van der Waals surface area contributed by atoms with E-state index in [0.29, 0.717) is 10.9 Å². The SMILES string of the molecule is CC(C)(C)OC(=O)N1CCCC1c1ncc(-c2ccc3c(c2)OC(c2ccc(Cl)s2)n2c-3cc3cc(-c4cnc(C5CCCN5)[nH]4)ccc32)[nH]1. The van der Waals surface area contributed by atoms with Gasteiger partial charge in [0.05, 0.1) is 56.3 Å². The largest absolute Gasteiger partial charge is 0.464 e. The van der Waals surface area contributed by atoms with Crippen LogP contribution in [0.25, 0.3) is 44.7 Å². The maximum absolute atomic E-state index is 13.0. The highest BCUT2D eigenvalue weighted by Gasteiger charge is 2.35. The summed E-state index contributed by atoms with van der Waals surface area (Å²) in [6.07, 6.45) is 7.07. The number of thiophene rings is 1. The molecule has 0 spiro atoms. The van der Waals surface area contributed by atoms with Crippen LogP contribution in [-0.4, -0.2) is 54.2 Å². The Morgan fingerprint density at radius 2 is 1.74 bits per heavy atom. The van der Waals surface area contributed by atoms with Crippen molar-refractivity contribution in [1.82, 2.24) is 34.7 Å². The Kier molecular flexibility index (Phi) is 7.56. The first-order valence-electron chi connectivity index (χ1n) is 17.2. The van der Waals surface area contributed by atoms with Gasteiger partial charge in [-0.05, 0) is 95.5 Å². The maximum atomic E-state index is 13.0. The molecule has 12 heteroatoms. The van der Waals surface area contributed by atoms with Gasteiger partial charge in [-0.25, -0.2) is 14.8 Å². The second-order valence-electron chi connectivity index (χ2n) is 14.3. The molecule has 9 rings (SSSR count). The zero-order valence-corrected chi connectivity index (χ0v) is 29.7. The van der Waals surface area contributed by atoms with Gasteiger partial charge in [-0.3, -0.25) is 9.47 Å². The van der Waals surface area contributed by atoms with Crippen molar-refractivity contribution in [2.45, 2.75) is 70.4 Å². The number of fused-ring (bicyclic) bond motifs is 5. The van der Waals surface area contributed by atoms with Gasteiger partial charge in [-0.1, -0.05) is 23.7 Å². The molecule has 3 N–H and O–H groups in total. The predicted octanol–water partition coefficient (Wildman–Crippen LogP) is 9.24. The molecule has 0 bridgehead atoms. The highest BCUT2D eigenvalue weighted by atomic mass is 35.5. The third-order valence-electron chi connectivity index (χ3n) is 9.81. The topological polar surface area (TPSA) is 113 Å². The number of halogens is 1. The van der Waals surface area contributed by atoms with Crippen LogP contribution in [0.1, 0.15) is 81.3 Å². The van der Waals surface area contributed by atoms with Gasteiger partial charge in [0.1, 0.15) is 23.0 Å². The second-order valence-corrected chi connectivity index (χ2v) is 16.1. The highest BCUT2D eigenvalue weighted by molar-refractivity contribution is 7.16. The molecule has 256 valence electrons. The van der Waals surface area contributed by atoms with E-state index in [4.69, 9.17) is 31.0 Å². The standard InChI is InChI=1S/C38H38ClN7O3S/c1-38(2,3)49-37(47)45-15-5-7-29(45)35-42-20-27(44-35)22-8-10-24-30-17-23-16-21(26-19-41-34(43-26)25-6-4-14-40-25)9-11-28(23)46(30)36(48-31(24)18-22)32-12-13-33(39)50-32/h8-13,16-20,25,29,36,40H,4-7,14-15H2,1-3H3,(H,41,43)(H,42,44). The van der Waals surface area contributed by atoms with E-state index in [-0.39, 0.29) is 24.4 Å². The molecule has 50 heavy (non-hydrogen) atoms. The maximum Gasteiger partial charge on any atom is 0.410 e. The molecule has 3 aliphatic heterocycles. The predicted molar refractivity (Wildman–Crippen MR) is 196 cm³/mol. The first kappa shape index (κ1) is 31.4. The van der Waals surface area contributed by atoms with Crippen molar-refractivity contribution in [2.75, 3.05) is 13.1 Å². The van der Waals surface area contributed by atoms with Gasteiger partial charge >= 0.3 is 6.09 Å². The summed E-state index contributed by atoms with van der Waals surface area (Å²) in [6, 6.07) is 19.2. The number of likely N-dealkylation sites (tertiary alicyclic amines) is 1. The van der Waals surface area contributed by atoms with Crippen LogP contribution in [0.3, 0.4) is 0 Å². The Labute approximate surface area is 298 Å². The third kappa shape index (κ3) is 5.57. The first-order chi connectivity index (χ1) is 24.2. The summed E-state index contributed by atoms with van der Waals surface area (Å²) in [5.41, 5.74) is 6.51. The molecule has 10 nitrogen and oxygen atoms in total. The number of ether oxygens (including phenoxy) is 2. The van der Waals surface area contributed by atoms with Crippen LogP contribution in [0.2, 0.25) is 4.34 Å². The van der Waals surface area contributed by atoms with Gasteiger partial charge in [0, 0.05) is 28.6 Å². The summed E-state index contributed by atoms with van der Waals surface area (Å²) in [6.45, 7) is 7.34. The molecule has 3 atom stereocenters. The summed E-state index contributed by atoms with van der Waals surface area (Å²) >= 11 is 7.98. The minimum atomic E-state index is -0.557. The summed E-state index contributed by atoms with van der Waals surface area (Å²) in [7, 11) is 0. The monoisotopic (exact) mass is 707 g/mol. The minimum absolute atomic E-state index is 0.159. The Balaban J connectivity index is 1.06. The molecule has 0 aliphatic carbocycles. The van der Waals surface area contributed by atoms with Gasteiger partial charge in [0.25, 0.3) is 0 Å². The number of H-pyrrole nitrogens is 2. The lowest BCUT2D eigenvalue weighted by atomic mass is 10.0. The zero-order valence-electron chi connectivity index (χ0n) is 28.1. The molecule has 0 radical (unpaired) electrons. The number of imidazole rings is 2. The van der Waals surface area contributed by atoms with Crippen LogP contribution in [-0.2, 0) is 4.74 Å². The molecule has 3 aliphatic rings. The van der Waals surface area contributed by atoms with Gasteiger partial charge in [-0.2, -0.15) is 0 Å². The second kappa shape index (κ2) is 12.0. The molecule has 2 fully saturated rings. The Morgan fingerprint density at radius 3 is 2.50 bits per heavy atom. The van der Waals surface area contributed by atoms with E-state index in [1.807, 2.05) is 45.3 Å². The van der Waals surface area contributed by atoms with E-state index in [0.717, 1.165) is 92.8 Å². The summed E-state index contributed by atoms with van der Waals surface area (Å²) in [4.78, 5) is 32.3. The van der Waals surface area contributed by atoms with Crippen molar-refractivity contribution in [2.24, 2.45) is 0 Å². The van der Waals surface area contributed by atoms with Gasteiger partial charge in [0.15, 0.2) is 0 Å². The number of aromatic nitrogens is 5. The lowest BCUT2D eigenvalue weighted by Gasteiger charge is -2.29. The van der Waals surface area contributed by atoms with Crippen molar-refractivity contribution in [1.29, 1.82) is 0 Å². The normalized spacial score (nSPS) is 20.2. The van der Waals surface area contributed by atoms with Gasteiger partial charge in [-0.15, -0.1) is 11.3 Å². The van der Waals surface area contributed by atoms with Gasteiger partial charge < -0.3 is 24.8 Å². The number of aromatic amines is 2. The molecule has 0 saturated carbocycles. The zero-order chi connectivity index (χ0) is 34.1. The number of carbonyl (C=O) groups excluding carboxylic acids is 1. The quantitative estimate of drug-likeness (QED) is 0.165. The number of nitrogens with zero attached hydrogens (tertiary/aromatic N) is 4. The van der Waals surface area contributed by atoms with E-state index in [1.54, 1.807) is 4.90 Å². The summed E-state index contributed by atoms with van der Waals surface area (Å²) in [5.74, 6) is 2.53. The first-order valence-corrected chi connectivity index (χ1v) is 18.4. The molecule has 1 amide bonds. The molecule has 3 unspecified atom stereocenters. The van der Waals surface area contributed by atoms with Crippen molar-refractivity contribution in [3.05, 3.63) is 87.9 Å². The molecule has 7 heterocycles. The van der Waals surface area contributed by atoms with E-state index >= 15 is 0 Å². The van der Waals surface area contributed by atoms with Crippen LogP contribution in [0.5, 0.6) is 5.75 Å². The number of rotatable bonds is 5. The number of amides is 1. The number of nitrogens with one attached hydrogen (secondary N) is 3. The Hall–Kier alpha value is -4.58. The Morgan fingerprint density at radius 1 is 0.960 bits per heavy atom. The van der Waals surface area contributed by atoms with Crippen LogP contribution < -0.4 is 10.1 Å². The van der Waals surface area contributed by atoms with Gasteiger partial charge in [0.2, 0.25) is 6.23 Å². The number of hydrogen-bond donors (Lipinski definition) is 3. The third-order valence-corrected chi connectivity index (χ3v) is 11.1. The summed E-state index contributed by atoms with van der Waals surface area (Å²) < 4.78 is 15.5. The van der Waals surface area contributed by atoms with E-state index < -0.39 is 5.60 Å². The van der Waals surface area contributed by atoms with Crippen LogP contribution >= 0.6 is 22.9 Å². The van der Waals surface area contributed by atoms with E-state index in [1.165, 1.54) is 17.8 Å². The van der Waals surface area contributed by atoms with Crippen molar-refractivity contribution in [3.8, 4) is 39.5 Å². The number of benzene rings is 2. The molecular formula is C38H38ClN7O3S. The van der Waals surface area contributed by atoms with Crippen LogP contribution in [0.15, 0.2) is 67.0 Å². The lowest BCUT2D eigenvalue weighted by molar-refractivity contribution is 0.0218. The lowest BCUT2D eigenvalue weighted by Crippen LogP contribution is -2.36. The molecule has 2 saturated heterocycles. The number of hydrogen-bond acceptors (Lipinski definition) is 7. The molecule has 4 aromatic heterocycles.